The SMILES string of the molecule is CC[C@H](C)[C@H](N)C(=O)NC1CCCN(C)C1. The largest absolute Gasteiger partial charge is 0.351 e. The second-order valence-corrected chi connectivity index (χ2v) is 5.02. The molecule has 1 aliphatic rings. The summed E-state index contributed by atoms with van der Waals surface area (Å²) in [6.07, 6.45) is 3.17. The number of carbonyl (C=O) groups excluding carboxylic acids is 1. The predicted octanol–water partition coefficient (Wildman–Crippen LogP) is 0.570. The van der Waals surface area contributed by atoms with E-state index >= 15 is 0 Å². The van der Waals surface area contributed by atoms with Gasteiger partial charge in [-0.3, -0.25) is 4.79 Å². The molecule has 0 saturated carbocycles. The topological polar surface area (TPSA) is 58.4 Å². The summed E-state index contributed by atoms with van der Waals surface area (Å²) in [6.45, 7) is 6.16. The van der Waals surface area contributed by atoms with Crippen LogP contribution in [0.1, 0.15) is 33.1 Å². The number of hydrogen-bond donors (Lipinski definition) is 2. The van der Waals surface area contributed by atoms with Crippen LogP contribution in [-0.2, 0) is 4.79 Å². The molecule has 0 aromatic rings. The molecular formula is C12H25N3O. The monoisotopic (exact) mass is 227 g/mol. The van der Waals surface area contributed by atoms with Crippen molar-refractivity contribution in [3.8, 4) is 0 Å². The second-order valence-electron chi connectivity index (χ2n) is 5.02. The first-order chi connectivity index (χ1) is 7.54. The van der Waals surface area contributed by atoms with Gasteiger partial charge in [0.1, 0.15) is 0 Å². The molecule has 4 heteroatoms. The molecule has 3 atom stereocenters. The molecule has 0 radical (unpaired) electrons. The van der Waals surface area contributed by atoms with Crippen LogP contribution >= 0.6 is 0 Å². The molecule has 1 fully saturated rings. The maximum Gasteiger partial charge on any atom is 0.237 e. The Morgan fingerprint density at radius 2 is 2.31 bits per heavy atom. The standard InChI is InChI=1S/C12H25N3O/c1-4-9(2)11(13)12(16)14-10-6-5-7-15(3)8-10/h9-11H,4-8,13H2,1-3H3,(H,14,16)/t9-,10?,11-/m0/s1. The molecule has 0 aromatic heterocycles. The van der Waals surface area contributed by atoms with E-state index in [-0.39, 0.29) is 23.9 Å². The van der Waals surface area contributed by atoms with Crippen LogP contribution in [0.4, 0.5) is 0 Å². The summed E-state index contributed by atoms with van der Waals surface area (Å²) in [4.78, 5) is 14.1. The van der Waals surface area contributed by atoms with Crippen molar-refractivity contribution in [3.63, 3.8) is 0 Å². The zero-order valence-corrected chi connectivity index (χ0v) is 10.7. The Balaban J connectivity index is 2.38. The Hall–Kier alpha value is -0.610. The summed E-state index contributed by atoms with van der Waals surface area (Å²) in [7, 11) is 2.09. The second kappa shape index (κ2) is 6.21. The van der Waals surface area contributed by atoms with Gasteiger partial charge < -0.3 is 16.0 Å². The molecular weight excluding hydrogens is 202 g/mol. The molecule has 1 heterocycles. The molecule has 0 aliphatic carbocycles. The van der Waals surface area contributed by atoms with E-state index in [0.717, 1.165) is 32.4 Å². The van der Waals surface area contributed by atoms with Crippen molar-refractivity contribution in [1.82, 2.24) is 10.2 Å². The van der Waals surface area contributed by atoms with E-state index in [9.17, 15) is 4.79 Å². The Bertz CT molecular complexity index is 232. The number of rotatable bonds is 4. The molecule has 4 nitrogen and oxygen atoms in total. The van der Waals surface area contributed by atoms with Crippen molar-refractivity contribution in [2.75, 3.05) is 20.1 Å². The number of nitrogens with two attached hydrogens (primary N) is 1. The highest BCUT2D eigenvalue weighted by Crippen LogP contribution is 2.10. The van der Waals surface area contributed by atoms with Gasteiger partial charge in [-0.25, -0.2) is 0 Å². The fraction of sp³-hybridized carbons (Fsp3) is 0.917. The van der Waals surface area contributed by atoms with Crippen LogP contribution in [0.15, 0.2) is 0 Å². The maximum absolute atomic E-state index is 11.9. The first-order valence-electron chi connectivity index (χ1n) is 6.29. The van der Waals surface area contributed by atoms with Crippen LogP contribution in [0.25, 0.3) is 0 Å². The van der Waals surface area contributed by atoms with Gasteiger partial charge in [-0.15, -0.1) is 0 Å². The van der Waals surface area contributed by atoms with Crippen molar-refractivity contribution in [3.05, 3.63) is 0 Å². The van der Waals surface area contributed by atoms with E-state index in [4.69, 9.17) is 5.73 Å². The molecule has 0 aromatic carbocycles. The van der Waals surface area contributed by atoms with Crippen LogP contribution in [0.5, 0.6) is 0 Å². The van der Waals surface area contributed by atoms with E-state index in [1.54, 1.807) is 0 Å². The summed E-state index contributed by atoms with van der Waals surface area (Å²) < 4.78 is 0. The minimum absolute atomic E-state index is 0.00894. The van der Waals surface area contributed by atoms with E-state index < -0.39 is 0 Å². The number of likely N-dealkylation sites (tertiary alicyclic amines) is 1. The first kappa shape index (κ1) is 13.5. The Labute approximate surface area is 98.6 Å². The zero-order valence-electron chi connectivity index (χ0n) is 10.7. The third-order valence-corrected chi connectivity index (χ3v) is 3.53. The fourth-order valence-electron chi connectivity index (χ4n) is 2.09. The van der Waals surface area contributed by atoms with E-state index in [0.29, 0.717) is 0 Å². The lowest BCUT2D eigenvalue weighted by atomic mass is 9.98. The summed E-state index contributed by atoms with van der Waals surface area (Å²) >= 11 is 0. The number of likely N-dealkylation sites (N-methyl/N-ethyl adjacent to an activating group) is 1. The highest BCUT2D eigenvalue weighted by molar-refractivity contribution is 5.82. The summed E-state index contributed by atoms with van der Waals surface area (Å²) in [5.41, 5.74) is 5.90. The smallest absolute Gasteiger partial charge is 0.237 e. The van der Waals surface area contributed by atoms with E-state index in [1.165, 1.54) is 0 Å². The van der Waals surface area contributed by atoms with Gasteiger partial charge in [0.2, 0.25) is 5.91 Å². The van der Waals surface area contributed by atoms with Crippen LogP contribution in [0, 0.1) is 5.92 Å². The summed E-state index contributed by atoms with van der Waals surface area (Å²) in [5.74, 6) is 0.260. The lowest BCUT2D eigenvalue weighted by molar-refractivity contribution is -0.124. The van der Waals surface area contributed by atoms with Gasteiger partial charge in [0.25, 0.3) is 0 Å². The summed E-state index contributed by atoms with van der Waals surface area (Å²) in [6, 6.07) is -0.0846. The van der Waals surface area contributed by atoms with Gasteiger partial charge in [0.05, 0.1) is 6.04 Å². The van der Waals surface area contributed by atoms with Gasteiger partial charge in [0.15, 0.2) is 0 Å². The normalized spacial score (nSPS) is 26.1. The predicted molar refractivity (Wildman–Crippen MR) is 66.1 cm³/mol. The molecule has 16 heavy (non-hydrogen) atoms. The van der Waals surface area contributed by atoms with Crippen molar-refractivity contribution in [2.45, 2.75) is 45.2 Å². The highest BCUT2D eigenvalue weighted by Gasteiger charge is 2.24. The van der Waals surface area contributed by atoms with E-state index in [1.807, 2.05) is 6.92 Å². The Morgan fingerprint density at radius 3 is 2.88 bits per heavy atom. The van der Waals surface area contributed by atoms with Crippen molar-refractivity contribution < 1.29 is 4.79 Å². The third-order valence-electron chi connectivity index (χ3n) is 3.53. The van der Waals surface area contributed by atoms with Crippen LogP contribution in [0.2, 0.25) is 0 Å². The molecule has 0 bridgehead atoms. The van der Waals surface area contributed by atoms with Crippen LogP contribution in [0.3, 0.4) is 0 Å². The molecule has 1 amide bonds. The number of hydrogen-bond acceptors (Lipinski definition) is 3. The lowest BCUT2D eigenvalue weighted by Crippen LogP contribution is -2.52. The average Bonchev–Trinajstić information content (AvgIpc) is 2.27. The van der Waals surface area contributed by atoms with Crippen molar-refractivity contribution >= 4 is 5.91 Å². The van der Waals surface area contributed by atoms with Gasteiger partial charge in [-0.1, -0.05) is 20.3 Å². The fourth-order valence-corrected chi connectivity index (χ4v) is 2.09. The lowest BCUT2D eigenvalue weighted by Gasteiger charge is -2.31. The van der Waals surface area contributed by atoms with Gasteiger partial charge >= 0.3 is 0 Å². The summed E-state index contributed by atoms with van der Waals surface area (Å²) in [5, 5.41) is 3.06. The quantitative estimate of drug-likeness (QED) is 0.738. The molecule has 1 rings (SSSR count). The third kappa shape index (κ3) is 3.76. The molecule has 1 aliphatic heterocycles. The van der Waals surface area contributed by atoms with Gasteiger partial charge in [0, 0.05) is 12.6 Å². The van der Waals surface area contributed by atoms with Crippen molar-refractivity contribution in [1.29, 1.82) is 0 Å². The number of piperidine rings is 1. The number of nitrogens with zero attached hydrogens (tertiary/aromatic N) is 1. The maximum atomic E-state index is 11.9. The van der Waals surface area contributed by atoms with E-state index in [2.05, 4.69) is 24.2 Å². The minimum Gasteiger partial charge on any atom is -0.351 e. The molecule has 1 unspecified atom stereocenters. The number of carbonyl (C=O) groups is 1. The van der Waals surface area contributed by atoms with Gasteiger partial charge in [-0.2, -0.15) is 0 Å². The number of nitrogens with one attached hydrogen (secondary N) is 1. The number of amides is 1. The first-order valence-corrected chi connectivity index (χ1v) is 6.29. The van der Waals surface area contributed by atoms with Crippen LogP contribution in [-0.4, -0.2) is 43.0 Å². The van der Waals surface area contributed by atoms with Crippen LogP contribution < -0.4 is 11.1 Å². The molecule has 1 saturated heterocycles. The van der Waals surface area contributed by atoms with Crippen molar-refractivity contribution in [2.24, 2.45) is 11.7 Å². The van der Waals surface area contributed by atoms with Gasteiger partial charge in [-0.05, 0) is 32.4 Å². The minimum atomic E-state index is -0.364. The highest BCUT2D eigenvalue weighted by atomic mass is 16.2. The average molecular weight is 227 g/mol. The zero-order chi connectivity index (χ0) is 12.1. The Kier molecular flexibility index (Phi) is 5.22. The molecule has 0 spiro atoms. The molecule has 94 valence electrons. The molecule has 3 N–H and O–H groups in total. The Morgan fingerprint density at radius 1 is 1.62 bits per heavy atom.